The molecule has 0 spiro atoms. The van der Waals surface area contributed by atoms with Gasteiger partial charge in [-0.3, -0.25) is 9.69 Å². The number of hydrogen-bond donors (Lipinski definition) is 1. The Bertz CT molecular complexity index is 1130. The number of aromatic nitrogens is 3. The van der Waals surface area contributed by atoms with E-state index in [0.29, 0.717) is 31.7 Å². The first-order valence-corrected chi connectivity index (χ1v) is 11.2. The molecule has 0 fully saturated rings. The zero-order valence-electron chi connectivity index (χ0n) is 18.3. The second-order valence-electron chi connectivity index (χ2n) is 8.20. The highest BCUT2D eigenvalue weighted by Gasteiger charge is 2.20. The molecular weight excluding hydrogens is 425 g/mol. The first-order valence-electron chi connectivity index (χ1n) is 11.2. The molecule has 3 heterocycles. The Kier molecular flexibility index (Phi) is 6.21. The van der Waals surface area contributed by atoms with Gasteiger partial charge in [0.15, 0.2) is 11.5 Å². The highest BCUT2D eigenvalue weighted by molar-refractivity contribution is 5.94. The minimum Gasteiger partial charge on any atom is -0.486 e. The molecule has 5 rings (SSSR count). The predicted molar refractivity (Wildman–Crippen MR) is 119 cm³/mol. The Labute approximate surface area is 191 Å². The molecule has 0 saturated carbocycles. The van der Waals surface area contributed by atoms with Gasteiger partial charge in [-0.25, -0.2) is 4.39 Å². The molecule has 1 aromatic heterocycles. The van der Waals surface area contributed by atoms with Crippen LogP contribution in [-0.4, -0.2) is 58.4 Å². The van der Waals surface area contributed by atoms with Gasteiger partial charge < -0.3 is 19.4 Å². The fourth-order valence-electron chi connectivity index (χ4n) is 4.21. The number of carbonyl (C=O) groups excluding carboxylic acids is 1. The molecule has 3 aromatic rings. The topological polar surface area (TPSA) is 81.5 Å². The number of amides is 1. The molecule has 1 N–H and O–H groups in total. The van der Waals surface area contributed by atoms with E-state index < -0.39 is 0 Å². The summed E-state index contributed by atoms with van der Waals surface area (Å²) in [4.78, 5) is 14.6. The van der Waals surface area contributed by atoms with Crippen molar-refractivity contribution in [1.29, 1.82) is 0 Å². The molecule has 0 unspecified atom stereocenters. The van der Waals surface area contributed by atoms with Gasteiger partial charge in [-0.15, -0.1) is 10.2 Å². The molecule has 172 valence electrons. The lowest BCUT2D eigenvalue weighted by atomic mass is 10.1. The van der Waals surface area contributed by atoms with E-state index in [9.17, 15) is 9.18 Å². The quantitative estimate of drug-likeness (QED) is 0.619. The minimum atomic E-state index is -0.360. The SMILES string of the molecule is O=C(NCCc1nnc2n1CCN(Cc1ccc3c(c1)OCCO3)CC2)c1ccc(F)cc1. The van der Waals surface area contributed by atoms with Gasteiger partial charge >= 0.3 is 0 Å². The van der Waals surface area contributed by atoms with Crippen LogP contribution in [0.25, 0.3) is 0 Å². The lowest BCUT2D eigenvalue weighted by molar-refractivity contribution is 0.0954. The van der Waals surface area contributed by atoms with Crippen LogP contribution >= 0.6 is 0 Å². The average Bonchev–Trinajstić information content (AvgIpc) is 3.11. The Morgan fingerprint density at radius 2 is 1.82 bits per heavy atom. The third-order valence-electron chi connectivity index (χ3n) is 5.95. The van der Waals surface area contributed by atoms with Gasteiger partial charge in [0.1, 0.15) is 30.7 Å². The summed E-state index contributed by atoms with van der Waals surface area (Å²) < 4.78 is 26.5. The summed E-state index contributed by atoms with van der Waals surface area (Å²) in [5.74, 6) is 2.88. The summed E-state index contributed by atoms with van der Waals surface area (Å²) in [5, 5.41) is 11.6. The number of fused-ring (bicyclic) bond motifs is 2. The number of nitrogens with zero attached hydrogens (tertiary/aromatic N) is 4. The van der Waals surface area contributed by atoms with E-state index in [-0.39, 0.29) is 11.7 Å². The second kappa shape index (κ2) is 9.58. The van der Waals surface area contributed by atoms with E-state index in [4.69, 9.17) is 9.47 Å². The van der Waals surface area contributed by atoms with Crippen LogP contribution in [0.15, 0.2) is 42.5 Å². The van der Waals surface area contributed by atoms with Gasteiger partial charge in [-0.05, 0) is 42.0 Å². The first-order chi connectivity index (χ1) is 16.2. The summed E-state index contributed by atoms with van der Waals surface area (Å²) in [5.41, 5.74) is 1.63. The molecule has 0 radical (unpaired) electrons. The van der Waals surface area contributed by atoms with Crippen molar-refractivity contribution in [3.05, 3.63) is 71.1 Å². The standard InChI is InChI=1S/C24H26FN5O3/c25-19-4-2-18(3-5-19)24(31)26-9-7-22-27-28-23-8-10-29(11-12-30(22)23)16-17-1-6-20-21(15-17)33-14-13-32-20/h1-6,15H,7-14,16H2,(H,26,31). The number of halogens is 1. The van der Waals surface area contributed by atoms with Crippen LogP contribution in [0.4, 0.5) is 4.39 Å². The number of rotatable bonds is 6. The summed E-state index contributed by atoms with van der Waals surface area (Å²) in [6.07, 6.45) is 1.40. The maximum Gasteiger partial charge on any atom is 0.251 e. The Balaban J connectivity index is 1.15. The molecule has 0 aliphatic carbocycles. The van der Waals surface area contributed by atoms with Crippen molar-refractivity contribution in [1.82, 2.24) is 25.0 Å². The second-order valence-corrected chi connectivity index (χ2v) is 8.20. The van der Waals surface area contributed by atoms with Crippen molar-refractivity contribution >= 4 is 5.91 Å². The summed E-state index contributed by atoms with van der Waals surface area (Å²) in [6, 6.07) is 11.7. The molecule has 9 heteroatoms. The number of ether oxygens (including phenoxy) is 2. The monoisotopic (exact) mass is 451 g/mol. The van der Waals surface area contributed by atoms with Gasteiger partial charge in [0, 0.05) is 51.1 Å². The van der Waals surface area contributed by atoms with E-state index in [2.05, 4.69) is 37.1 Å². The molecule has 0 atom stereocenters. The molecule has 33 heavy (non-hydrogen) atoms. The summed E-state index contributed by atoms with van der Waals surface area (Å²) >= 11 is 0. The maximum atomic E-state index is 13.0. The first kappa shape index (κ1) is 21.4. The van der Waals surface area contributed by atoms with E-state index in [0.717, 1.165) is 55.7 Å². The fraction of sp³-hybridized carbons (Fsp3) is 0.375. The lowest BCUT2D eigenvalue weighted by Crippen LogP contribution is -2.28. The molecule has 2 aliphatic heterocycles. The van der Waals surface area contributed by atoms with E-state index in [1.807, 2.05) is 6.07 Å². The van der Waals surface area contributed by atoms with Crippen LogP contribution in [0, 0.1) is 5.82 Å². The van der Waals surface area contributed by atoms with Crippen molar-refractivity contribution in [2.24, 2.45) is 0 Å². The molecule has 0 bridgehead atoms. The highest BCUT2D eigenvalue weighted by atomic mass is 19.1. The lowest BCUT2D eigenvalue weighted by Gasteiger charge is -2.22. The molecule has 2 aromatic carbocycles. The van der Waals surface area contributed by atoms with Crippen molar-refractivity contribution in [2.45, 2.75) is 25.9 Å². The fourth-order valence-corrected chi connectivity index (χ4v) is 4.21. The Morgan fingerprint density at radius 1 is 1.00 bits per heavy atom. The number of benzene rings is 2. The van der Waals surface area contributed by atoms with E-state index >= 15 is 0 Å². The molecular formula is C24H26FN5O3. The highest BCUT2D eigenvalue weighted by Crippen LogP contribution is 2.31. The van der Waals surface area contributed by atoms with Crippen molar-refractivity contribution in [2.75, 3.05) is 32.8 Å². The zero-order chi connectivity index (χ0) is 22.6. The van der Waals surface area contributed by atoms with Crippen LogP contribution in [-0.2, 0) is 25.9 Å². The largest absolute Gasteiger partial charge is 0.486 e. The van der Waals surface area contributed by atoms with Crippen LogP contribution < -0.4 is 14.8 Å². The normalized spacial score (nSPS) is 15.5. The Morgan fingerprint density at radius 3 is 2.67 bits per heavy atom. The van der Waals surface area contributed by atoms with E-state index in [1.54, 1.807) is 0 Å². The predicted octanol–water partition coefficient (Wildman–Crippen LogP) is 2.22. The molecule has 2 aliphatic rings. The van der Waals surface area contributed by atoms with Gasteiger partial charge in [0.25, 0.3) is 5.91 Å². The van der Waals surface area contributed by atoms with Gasteiger partial charge in [-0.1, -0.05) is 6.07 Å². The van der Waals surface area contributed by atoms with E-state index in [1.165, 1.54) is 29.8 Å². The van der Waals surface area contributed by atoms with Crippen LogP contribution in [0.3, 0.4) is 0 Å². The third-order valence-corrected chi connectivity index (χ3v) is 5.95. The van der Waals surface area contributed by atoms with Gasteiger partial charge in [0.05, 0.1) is 0 Å². The van der Waals surface area contributed by atoms with Crippen molar-refractivity contribution in [3.8, 4) is 11.5 Å². The minimum absolute atomic E-state index is 0.226. The van der Waals surface area contributed by atoms with Crippen molar-refractivity contribution in [3.63, 3.8) is 0 Å². The zero-order valence-corrected chi connectivity index (χ0v) is 18.3. The third kappa shape index (κ3) is 4.98. The average molecular weight is 452 g/mol. The smallest absolute Gasteiger partial charge is 0.251 e. The molecule has 1 amide bonds. The van der Waals surface area contributed by atoms with Gasteiger partial charge in [0.2, 0.25) is 0 Å². The number of carbonyl (C=O) groups is 1. The molecule has 0 saturated heterocycles. The van der Waals surface area contributed by atoms with Crippen molar-refractivity contribution < 1.29 is 18.7 Å². The summed E-state index contributed by atoms with van der Waals surface area (Å²) in [7, 11) is 0. The number of hydrogen-bond acceptors (Lipinski definition) is 6. The Hall–Kier alpha value is -3.46. The number of nitrogens with one attached hydrogen (secondary N) is 1. The van der Waals surface area contributed by atoms with Crippen LogP contribution in [0.5, 0.6) is 11.5 Å². The van der Waals surface area contributed by atoms with Crippen LogP contribution in [0.1, 0.15) is 27.6 Å². The van der Waals surface area contributed by atoms with Crippen LogP contribution in [0.2, 0.25) is 0 Å². The summed E-state index contributed by atoms with van der Waals surface area (Å²) in [6.45, 7) is 5.03. The maximum absolute atomic E-state index is 13.0. The molecule has 8 nitrogen and oxygen atoms in total. The van der Waals surface area contributed by atoms with Gasteiger partial charge in [-0.2, -0.15) is 0 Å².